The standard InChI is InChI=1S/C31H43NO3/c1-26(2)10-12-31(18-33)13-11-30(7)24(20(31)16-26)21(34)14-23-28(5)15-19(17-32)25(35)27(3,4)22(28)8-9-29(23,30)6/h14,18-20,22,24H,8-13,15-16H2,1-7H3/t19?,20?,22-,24?,28-,29+,30+,31+/m0/s1. The van der Waals surface area contributed by atoms with Crippen LogP contribution >= 0.6 is 0 Å². The minimum absolute atomic E-state index is 0.0655. The van der Waals surface area contributed by atoms with Gasteiger partial charge in [0.1, 0.15) is 12.2 Å². The van der Waals surface area contributed by atoms with Crippen LogP contribution in [0, 0.1) is 67.5 Å². The number of hydrogen-bond acceptors (Lipinski definition) is 4. The van der Waals surface area contributed by atoms with E-state index < -0.39 is 11.3 Å². The first-order chi connectivity index (χ1) is 16.1. The minimum Gasteiger partial charge on any atom is -0.303 e. The Kier molecular flexibility index (Phi) is 5.10. The maximum absolute atomic E-state index is 14.2. The fourth-order valence-corrected chi connectivity index (χ4v) is 10.4. The molecule has 0 bridgehead atoms. The number of aldehydes is 1. The fraction of sp³-hybridized carbons (Fsp3) is 0.806. The van der Waals surface area contributed by atoms with E-state index in [-0.39, 0.29) is 56.4 Å². The number of hydrogen-bond donors (Lipinski definition) is 0. The van der Waals surface area contributed by atoms with Crippen molar-refractivity contribution < 1.29 is 14.4 Å². The van der Waals surface area contributed by atoms with Crippen LogP contribution < -0.4 is 0 Å². The topological polar surface area (TPSA) is 75.0 Å². The van der Waals surface area contributed by atoms with Crippen LogP contribution in [0.2, 0.25) is 0 Å². The van der Waals surface area contributed by atoms with E-state index in [4.69, 9.17) is 0 Å². The lowest BCUT2D eigenvalue weighted by molar-refractivity contribution is -0.176. The molecule has 5 aliphatic rings. The van der Waals surface area contributed by atoms with Crippen molar-refractivity contribution in [1.82, 2.24) is 0 Å². The molecule has 0 aromatic carbocycles. The quantitative estimate of drug-likeness (QED) is 0.405. The van der Waals surface area contributed by atoms with Crippen molar-refractivity contribution in [3.05, 3.63) is 11.6 Å². The van der Waals surface area contributed by atoms with E-state index in [1.165, 1.54) is 11.9 Å². The highest BCUT2D eigenvalue weighted by atomic mass is 16.1. The second kappa shape index (κ2) is 7.17. The second-order valence-corrected chi connectivity index (χ2v) is 15.0. The Morgan fingerprint density at radius 3 is 2.23 bits per heavy atom. The Hall–Kier alpha value is -1.76. The highest BCUT2D eigenvalue weighted by molar-refractivity contribution is 5.96. The van der Waals surface area contributed by atoms with Crippen LogP contribution in [0.15, 0.2) is 11.6 Å². The summed E-state index contributed by atoms with van der Waals surface area (Å²) in [5.41, 5.74) is -0.367. The van der Waals surface area contributed by atoms with Gasteiger partial charge in [-0.1, -0.05) is 54.0 Å². The first kappa shape index (κ1) is 24.9. The molecule has 4 fully saturated rings. The van der Waals surface area contributed by atoms with Crippen molar-refractivity contribution in [2.45, 2.75) is 99.8 Å². The van der Waals surface area contributed by atoms with Crippen molar-refractivity contribution in [2.24, 2.45) is 56.2 Å². The van der Waals surface area contributed by atoms with E-state index in [0.29, 0.717) is 6.42 Å². The molecule has 0 amide bonds. The van der Waals surface area contributed by atoms with Crippen LogP contribution in [0.1, 0.15) is 99.8 Å². The molecule has 0 spiro atoms. The Labute approximate surface area is 211 Å². The molecule has 0 N–H and O–H groups in total. The average molecular weight is 478 g/mol. The summed E-state index contributed by atoms with van der Waals surface area (Å²) in [5, 5.41) is 9.89. The minimum atomic E-state index is -0.622. The third-order valence-electron chi connectivity index (χ3n) is 12.6. The molecular formula is C31H43NO3. The lowest BCUT2D eigenvalue weighted by atomic mass is 9.33. The highest BCUT2D eigenvalue weighted by Crippen LogP contribution is 2.74. The van der Waals surface area contributed by atoms with Gasteiger partial charge in [0, 0.05) is 16.7 Å². The van der Waals surface area contributed by atoms with E-state index in [1.54, 1.807) is 0 Å². The zero-order valence-corrected chi connectivity index (χ0v) is 22.8. The van der Waals surface area contributed by atoms with Gasteiger partial charge in [0.25, 0.3) is 0 Å². The van der Waals surface area contributed by atoms with Crippen molar-refractivity contribution in [1.29, 1.82) is 5.26 Å². The van der Waals surface area contributed by atoms with Gasteiger partial charge < -0.3 is 4.79 Å². The lowest BCUT2D eigenvalue weighted by Gasteiger charge is -2.69. The molecule has 35 heavy (non-hydrogen) atoms. The number of carbonyl (C=O) groups is 3. The molecule has 0 aliphatic heterocycles. The fourth-order valence-electron chi connectivity index (χ4n) is 10.4. The first-order valence-electron chi connectivity index (χ1n) is 13.8. The largest absolute Gasteiger partial charge is 0.303 e. The summed E-state index contributed by atoms with van der Waals surface area (Å²) >= 11 is 0. The Balaban J connectivity index is 1.67. The maximum atomic E-state index is 14.2. The molecule has 3 unspecified atom stereocenters. The van der Waals surface area contributed by atoms with Gasteiger partial charge in [0.15, 0.2) is 11.6 Å². The Bertz CT molecular complexity index is 1080. The maximum Gasteiger partial charge on any atom is 0.159 e. The van der Waals surface area contributed by atoms with Crippen LogP contribution in [-0.4, -0.2) is 17.9 Å². The predicted molar refractivity (Wildman–Crippen MR) is 135 cm³/mol. The number of Topliss-reactive ketones (excluding diaryl/α,β-unsaturated/α-hetero) is 1. The monoisotopic (exact) mass is 477 g/mol. The predicted octanol–water partition coefficient (Wildman–Crippen LogP) is 6.48. The highest BCUT2D eigenvalue weighted by Gasteiger charge is 2.70. The summed E-state index contributed by atoms with van der Waals surface area (Å²) < 4.78 is 0. The van der Waals surface area contributed by atoms with Gasteiger partial charge in [-0.05, 0) is 90.9 Å². The Morgan fingerprint density at radius 1 is 0.943 bits per heavy atom. The van der Waals surface area contributed by atoms with Crippen molar-refractivity contribution in [3.8, 4) is 6.07 Å². The van der Waals surface area contributed by atoms with Crippen LogP contribution in [-0.2, 0) is 14.4 Å². The van der Waals surface area contributed by atoms with Crippen LogP contribution in [0.3, 0.4) is 0 Å². The molecule has 4 saturated carbocycles. The number of ketones is 2. The number of carbonyl (C=O) groups excluding carboxylic acids is 3. The third-order valence-corrected chi connectivity index (χ3v) is 12.6. The summed E-state index contributed by atoms with van der Waals surface area (Å²) in [6, 6.07) is 2.31. The third kappa shape index (κ3) is 2.93. The molecule has 0 aromatic heterocycles. The molecule has 8 atom stereocenters. The molecule has 5 aliphatic carbocycles. The molecule has 4 nitrogen and oxygen atoms in total. The van der Waals surface area contributed by atoms with Gasteiger partial charge in [-0.25, -0.2) is 0 Å². The van der Waals surface area contributed by atoms with E-state index in [0.717, 1.165) is 44.9 Å². The summed E-state index contributed by atoms with van der Waals surface area (Å²) in [5.74, 6) is -0.283. The Morgan fingerprint density at radius 2 is 1.60 bits per heavy atom. The van der Waals surface area contributed by atoms with Gasteiger partial charge in [-0.15, -0.1) is 0 Å². The lowest BCUT2D eigenvalue weighted by Crippen LogP contribution is -2.65. The second-order valence-electron chi connectivity index (χ2n) is 15.0. The number of nitrogens with zero attached hydrogens (tertiary/aromatic N) is 1. The summed E-state index contributed by atoms with van der Waals surface area (Å²) in [6.07, 6.45) is 10.2. The van der Waals surface area contributed by atoms with E-state index in [2.05, 4.69) is 40.7 Å². The number of nitriles is 1. The van der Waals surface area contributed by atoms with Gasteiger partial charge >= 0.3 is 0 Å². The molecular weight excluding hydrogens is 434 g/mol. The van der Waals surface area contributed by atoms with Gasteiger partial charge in [-0.2, -0.15) is 5.26 Å². The molecule has 0 heterocycles. The molecule has 0 saturated heterocycles. The number of rotatable bonds is 1. The van der Waals surface area contributed by atoms with Crippen LogP contribution in [0.4, 0.5) is 0 Å². The summed E-state index contributed by atoms with van der Waals surface area (Å²) in [6.45, 7) is 15.6. The molecule has 0 radical (unpaired) electrons. The van der Waals surface area contributed by atoms with E-state index in [9.17, 15) is 19.6 Å². The summed E-state index contributed by atoms with van der Waals surface area (Å²) in [7, 11) is 0. The number of allylic oxidation sites excluding steroid dienone is 2. The van der Waals surface area contributed by atoms with Gasteiger partial charge in [0.2, 0.25) is 0 Å². The molecule has 5 rings (SSSR count). The molecule has 190 valence electrons. The van der Waals surface area contributed by atoms with Crippen molar-refractivity contribution >= 4 is 17.9 Å². The van der Waals surface area contributed by atoms with E-state index in [1.807, 2.05) is 19.9 Å². The molecule has 0 aromatic rings. The van der Waals surface area contributed by atoms with E-state index >= 15 is 0 Å². The summed E-state index contributed by atoms with van der Waals surface area (Å²) in [4.78, 5) is 40.0. The van der Waals surface area contributed by atoms with Crippen LogP contribution in [0.5, 0.6) is 0 Å². The average Bonchev–Trinajstić information content (AvgIpc) is 2.77. The first-order valence-corrected chi connectivity index (χ1v) is 13.8. The van der Waals surface area contributed by atoms with Gasteiger partial charge in [-0.3, -0.25) is 9.59 Å². The SMILES string of the molecule is CC1(C)CC[C@]2(C=O)CC[C@]3(C)C(C(=O)C=C4[C@@]5(C)CC(C#N)C(=O)C(C)(C)[C@@H]5CC[C@]43C)C2C1. The van der Waals surface area contributed by atoms with Crippen molar-refractivity contribution in [2.75, 3.05) is 0 Å². The number of fused-ring (bicyclic) bond motifs is 7. The van der Waals surface area contributed by atoms with Gasteiger partial charge in [0.05, 0.1) is 6.07 Å². The normalized spacial score (nSPS) is 49.9. The van der Waals surface area contributed by atoms with Crippen molar-refractivity contribution in [3.63, 3.8) is 0 Å². The van der Waals surface area contributed by atoms with Crippen LogP contribution in [0.25, 0.3) is 0 Å². The zero-order chi connectivity index (χ0) is 25.8. The zero-order valence-electron chi connectivity index (χ0n) is 22.8. The smallest absolute Gasteiger partial charge is 0.159 e. The molecule has 4 heteroatoms.